The van der Waals surface area contributed by atoms with E-state index in [1.807, 2.05) is 37.3 Å². The third kappa shape index (κ3) is 3.05. The van der Waals surface area contributed by atoms with E-state index in [0.717, 1.165) is 15.6 Å². The fourth-order valence-corrected chi connectivity index (χ4v) is 2.22. The van der Waals surface area contributed by atoms with Crippen LogP contribution in [0.5, 0.6) is 0 Å². The maximum atomic E-state index is 9.53. The largest absolute Gasteiger partial charge is 0.397 e. The molecule has 19 heavy (non-hydrogen) atoms. The van der Waals surface area contributed by atoms with Crippen LogP contribution in [0.15, 0.2) is 41.0 Å². The summed E-state index contributed by atoms with van der Waals surface area (Å²) in [5.41, 5.74) is 8.37. The van der Waals surface area contributed by atoms with Crippen molar-refractivity contribution in [2.45, 2.75) is 13.0 Å². The fraction of sp³-hybridized carbons (Fsp3) is 0.214. The molecule has 0 spiro atoms. The summed E-state index contributed by atoms with van der Waals surface area (Å²) in [4.78, 5) is 4.26. The Bertz CT molecular complexity index is 560. The second kappa shape index (κ2) is 6.04. The SMILES string of the molecule is Cc1c(N)cnc(NC(CO)c2ccccc2)c1Br. The van der Waals surface area contributed by atoms with Gasteiger partial charge < -0.3 is 16.2 Å². The number of aromatic nitrogens is 1. The van der Waals surface area contributed by atoms with Crippen molar-refractivity contribution in [3.8, 4) is 0 Å². The highest BCUT2D eigenvalue weighted by Gasteiger charge is 2.14. The number of aliphatic hydroxyl groups is 1. The Morgan fingerprint density at radius 3 is 2.68 bits per heavy atom. The molecule has 0 bridgehead atoms. The minimum absolute atomic E-state index is 0.0123. The van der Waals surface area contributed by atoms with Crippen LogP contribution in [-0.2, 0) is 0 Å². The number of nitrogen functional groups attached to an aromatic ring is 1. The van der Waals surface area contributed by atoms with E-state index in [2.05, 4.69) is 26.2 Å². The van der Waals surface area contributed by atoms with Gasteiger partial charge in [0.25, 0.3) is 0 Å². The van der Waals surface area contributed by atoms with E-state index < -0.39 is 0 Å². The average Bonchev–Trinajstić information content (AvgIpc) is 2.45. The van der Waals surface area contributed by atoms with Crippen molar-refractivity contribution in [1.82, 2.24) is 4.98 Å². The summed E-state index contributed by atoms with van der Waals surface area (Å²) >= 11 is 3.47. The predicted molar refractivity (Wildman–Crippen MR) is 81.0 cm³/mol. The van der Waals surface area contributed by atoms with Gasteiger partial charge in [-0.15, -0.1) is 0 Å². The summed E-state index contributed by atoms with van der Waals surface area (Å²) < 4.78 is 0.821. The highest BCUT2D eigenvalue weighted by atomic mass is 79.9. The fourth-order valence-electron chi connectivity index (χ4n) is 1.78. The number of rotatable bonds is 4. The first-order valence-corrected chi connectivity index (χ1v) is 6.75. The molecule has 2 aromatic rings. The molecule has 2 rings (SSSR count). The van der Waals surface area contributed by atoms with E-state index in [4.69, 9.17) is 5.73 Å². The first-order valence-electron chi connectivity index (χ1n) is 5.96. The number of hydrogen-bond donors (Lipinski definition) is 3. The van der Waals surface area contributed by atoms with Gasteiger partial charge in [-0.25, -0.2) is 4.98 Å². The van der Waals surface area contributed by atoms with E-state index in [1.54, 1.807) is 6.20 Å². The smallest absolute Gasteiger partial charge is 0.141 e. The standard InChI is InChI=1S/C14H16BrN3O/c1-9-11(16)7-17-14(13(9)15)18-12(8-19)10-5-3-2-4-6-10/h2-7,12,19H,8,16H2,1H3,(H,17,18). The molecule has 1 heterocycles. The number of halogens is 1. The topological polar surface area (TPSA) is 71.2 Å². The molecule has 4 nitrogen and oxygen atoms in total. The normalized spacial score (nSPS) is 12.2. The lowest BCUT2D eigenvalue weighted by Gasteiger charge is -2.19. The summed E-state index contributed by atoms with van der Waals surface area (Å²) in [6, 6.07) is 9.55. The number of aliphatic hydroxyl groups excluding tert-OH is 1. The summed E-state index contributed by atoms with van der Waals surface area (Å²) in [6.45, 7) is 1.91. The Morgan fingerprint density at radius 2 is 2.05 bits per heavy atom. The molecule has 4 N–H and O–H groups in total. The van der Waals surface area contributed by atoms with Crippen LogP contribution in [0.4, 0.5) is 11.5 Å². The number of hydrogen-bond acceptors (Lipinski definition) is 4. The first kappa shape index (κ1) is 13.8. The van der Waals surface area contributed by atoms with E-state index >= 15 is 0 Å². The zero-order chi connectivity index (χ0) is 13.8. The zero-order valence-corrected chi connectivity index (χ0v) is 12.2. The van der Waals surface area contributed by atoms with Crippen LogP contribution in [0.1, 0.15) is 17.2 Å². The Kier molecular flexibility index (Phi) is 4.39. The van der Waals surface area contributed by atoms with Gasteiger partial charge in [-0.3, -0.25) is 0 Å². The number of nitrogens with two attached hydrogens (primary N) is 1. The molecule has 1 atom stereocenters. The van der Waals surface area contributed by atoms with Gasteiger partial charge in [-0.1, -0.05) is 30.3 Å². The maximum absolute atomic E-state index is 9.53. The van der Waals surface area contributed by atoms with Crippen LogP contribution in [0.2, 0.25) is 0 Å². The number of benzene rings is 1. The third-order valence-corrected chi connectivity index (χ3v) is 3.97. The minimum Gasteiger partial charge on any atom is -0.397 e. The number of nitrogens with one attached hydrogen (secondary N) is 1. The molecule has 0 saturated carbocycles. The molecule has 5 heteroatoms. The van der Waals surface area contributed by atoms with Crippen LogP contribution >= 0.6 is 15.9 Å². The highest BCUT2D eigenvalue weighted by molar-refractivity contribution is 9.10. The molecular weight excluding hydrogens is 306 g/mol. The van der Waals surface area contributed by atoms with Crippen molar-refractivity contribution >= 4 is 27.4 Å². The summed E-state index contributed by atoms with van der Waals surface area (Å²) in [5.74, 6) is 0.676. The molecule has 0 aliphatic heterocycles. The monoisotopic (exact) mass is 321 g/mol. The average molecular weight is 322 g/mol. The number of nitrogens with zero attached hydrogens (tertiary/aromatic N) is 1. The van der Waals surface area contributed by atoms with E-state index in [-0.39, 0.29) is 12.6 Å². The molecule has 100 valence electrons. The lowest BCUT2D eigenvalue weighted by Crippen LogP contribution is -2.16. The van der Waals surface area contributed by atoms with Gasteiger partial charge in [0.15, 0.2) is 0 Å². The Hall–Kier alpha value is -1.59. The molecule has 1 aromatic carbocycles. The predicted octanol–water partition coefficient (Wildman–Crippen LogP) is 2.88. The first-order chi connectivity index (χ1) is 9.13. The molecule has 0 fully saturated rings. The van der Waals surface area contributed by atoms with Crippen molar-refractivity contribution in [1.29, 1.82) is 0 Å². The Balaban J connectivity index is 2.27. The quantitative estimate of drug-likeness (QED) is 0.809. The second-order valence-corrected chi connectivity index (χ2v) is 5.08. The molecule has 0 aliphatic carbocycles. The highest BCUT2D eigenvalue weighted by Crippen LogP contribution is 2.30. The molecule has 1 unspecified atom stereocenters. The zero-order valence-electron chi connectivity index (χ0n) is 10.6. The van der Waals surface area contributed by atoms with Gasteiger partial charge in [-0.05, 0) is 34.0 Å². The van der Waals surface area contributed by atoms with E-state index in [0.29, 0.717) is 11.5 Å². The molecule has 0 aliphatic rings. The lowest BCUT2D eigenvalue weighted by molar-refractivity contribution is 0.276. The molecular formula is C14H16BrN3O. The summed E-state index contributed by atoms with van der Waals surface area (Å²) in [5, 5.41) is 12.7. The van der Waals surface area contributed by atoms with E-state index in [1.165, 1.54) is 0 Å². The van der Waals surface area contributed by atoms with Crippen LogP contribution in [0.3, 0.4) is 0 Å². The third-order valence-electron chi connectivity index (χ3n) is 3.00. The van der Waals surface area contributed by atoms with Crippen molar-refractivity contribution in [2.24, 2.45) is 0 Å². The Labute approximate surface area is 120 Å². The number of anilines is 2. The molecule has 0 amide bonds. The maximum Gasteiger partial charge on any atom is 0.141 e. The molecule has 0 saturated heterocycles. The number of pyridine rings is 1. The van der Waals surface area contributed by atoms with Crippen LogP contribution in [0, 0.1) is 6.92 Å². The molecule has 1 aromatic heterocycles. The second-order valence-electron chi connectivity index (χ2n) is 4.29. The van der Waals surface area contributed by atoms with Crippen molar-refractivity contribution < 1.29 is 5.11 Å². The summed E-state index contributed by atoms with van der Waals surface area (Å²) in [7, 11) is 0. The van der Waals surface area contributed by atoms with Crippen LogP contribution in [0.25, 0.3) is 0 Å². The van der Waals surface area contributed by atoms with Gasteiger partial charge >= 0.3 is 0 Å². The van der Waals surface area contributed by atoms with Gasteiger partial charge in [-0.2, -0.15) is 0 Å². The van der Waals surface area contributed by atoms with Crippen molar-refractivity contribution in [2.75, 3.05) is 17.7 Å². The minimum atomic E-state index is -0.201. The van der Waals surface area contributed by atoms with Gasteiger partial charge in [0.05, 0.1) is 29.0 Å². The van der Waals surface area contributed by atoms with Gasteiger partial charge in [0.2, 0.25) is 0 Å². The van der Waals surface area contributed by atoms with E-state index in [9.17, 15) is 5.11 Å². The van der Waals surface area contributed by atoms with Crippen LogP contribution < -0.4 is 11.1 Å². The lowest BCUT2D eigenvalue weighted by atomic mass is 10.1. The molecule has 0 radical (unpaired) electrons. The van der Waals surface area contributed by atoms with Gasteiger partial charge in [0.1, 0.15) is 5.82 Å². The summed E-state index contributed by atoms with van der Waals surface area (Å²) in [6.07, 6.45) is 1.61. The van der Waals surface area contributed by atoms with Crippen molar-refractivity contribution in [3.05, 3.63) is 52.1 Å². The van der Waals surface area contributed by atoms with Gasteiger partial charge in [0, 0.05) is 0 Å². The van der Waals surface area contributed by atoms with Crippen LogP contribution in [-0.4, -0.2) is 16.7 Å². The Morgan fingerprint density at radius 1 is 1.37 bits per heavy atom. The van der Waals surface area contributed by atoms with Crippen molar-refractivity contribution in [3.63, 3.8) is 0 Å².